The monoisotopic (exact) mass is 465 g/mol. The highest BCUT2D eigenvalue weighted by atomic mass is 32.2. The number of rotatable bonds is 7. The van der Waals surface area contributed by atoms with Crippen molar-refractivity contribution in [2.45, 2.75) is 26.4 Å². The third-order valence-electron chi connectivity index (χ3n) is 3.69. The van der Waals surface area contributed by atoms with E-state index in [0.29, 0.717) is 4.31 Å². The normalized spacial score (nSPS) is 11.4. The predicted octanol–water partition coefficient (Wildman–Crippen LogP) is 3.20. The molecule has 172 valence electrons. The van der Waals surface area contributed by atoms with E-state index in [4.69, 9.17) is 9.47 Å². The van der Waals surface area contributed by atoms with Gasteiger partial charge in [0.25, 0.3) is 11.6 Å². The Morgan fingerprint density at radius 3 is 2.28 bits per heavy atom. The van der Waals surface area contributed by atoms with Crippen LogP contribution in [-0.2, 0) is 19.6 Å². The standard InChI is InChI=1S/C20H23N3O8S/c1-20(2,3)31-19(25)21-13-18(24)22(32(4,28)29)16-11-10-14(23(26)27)12-17(16)30-15-8-6-5-7-9-15/h5-12H,13H2,1-4H3,(H,21,25). The van der Waals surface area contributed by atoms with Crippen molar-refractivity contribution in [2.75, 3.05) is 17.1 Å². The highest BCUT2D eigenvalue weighted by Gasteiger charge is 2.30. The first-order valence-corrected chi connectivity index (χ1v) is 11.1. The van der Waals surface area contributed by atoms with Crippen LogP contribution in [0, 0.1) is 10.1 Å². The third kappa shape index (κ3) is 6.94. The Labute approximate surface area is 185 Å². The van der Waals surface area contributed by atoms with Crippen molar-refractivity contribution in [1.29, 1.82) is 0 Å². The van der Waals surface area contributed by atoms with Gasteiger partial charge in [-0.3, -0.25) is 14.9 Å². The van der Waals surface area contributed by atoms with E-state index in [9.17, 15) is 28.1 Å². The molecule has 11 nitrogen and oxygen atoms in total. The SMILES string of the molecule is CC(C)(C)OC(=O)NCC(=O)N(c1ccc([N+](=O)[O-])cc1Oc1ccccc1)S(C)(=O)=O. The summed E-state index contributed by atoms with van der Waals surface area (Å²) < 4.78 is 36.0. The van der Waals surface area contributed by atoms with Crippen LogP contribution in [0.4, 0.5) is 16.2 Å². The summed E-state index contributed by atoms with van der Waals surface area (Å²) in [6.07, 6.45) is -0.129. The maximum Gasteiger partial charge on any atom is 0.408 e. The van der Waals surface area contributed by atoms with Crippen molar-refractivity contribution >= 4 is 33.4 Å². The molecule has 0 unspecified atom stereocenters. The summed E-state index contributed by atoms with van der Waals surface area (Å²) in [6, 6.07) is 11.3. The van der Waals surface area contributed by atoms with Crippen LogP contribution in [0.3, 0.4) is 0 Å². The van der Waals surface area contributed by atoms with Gasteiger partial charge in [-0.25, -0.2) is 17.5 Å². The number of nitrogens with zero attached hydrogens (tertiary/aromatic N) is 2. The largest absolute Gasteiger partial charge is 0.455 e. The molecule has 0 fully saturated rings. The van der Waals surface area contributed by atoms with Crippen LogP contribution in [0.25, 0.3) is 0 Å². The Bertz CT molecular complexity index is 1110. The number of para-hydroxylation sites is 1. The van der Waals surface area contributed by atoms with Crippen LogP contribution in [0.2, 0.25) is 0 Å². The van der Waals surface area contributed by atoms with E-state index in [0.717, 1.165) is 24.5 Å². The van der Waals surface area contributed by atoms with Gasteiger partial charge < -0.3 is 14.8 Å². The number of nitro benzene ring substituents is 1. The number of nitro groups is 1. The van der Waals surface area contributed by atoms with Crippen molar-refractivity contribution in [1.82, 2.24) is 5.32 Å². The zero-order chi connectivity index (χ0) is 24.1. The minimum atomic E-state index is -4.21. The van der Waals surface area contributed by atoms with Gasteiger partial charge in [0.2, 0.25) is 10.0 Å². The fraction of sp³-hybridized carbons (Fsp3) is 0.300. The maximum absolute atomic E-state index is 12.8. The van der Waals surface area contributed by atoms with E-state index >= 15 is 0 Å². The van der Waals surface area contributed by atoms with E-state index in [1.807, 2.05) is 0 Å². The lowest BCUT2D eigenvalue weighted by molar-refractivity contribution is -0.384. The number of anilines is 1. The molecular weight excluding hydrogens is 442 g/mol. The lowest BCUT2D eigenvalue weighted by Crippen LogP contribution is -2.44. The molecule has 0 saturated carbocycles. The molecule has 0 aliphatic carbocycles. The van der Waals surface area contributed by atoms with Crippen molar-refractivity contribution in [3.05, 3.63) is 58.6 Å². The number of sulfonamides is 1. The minimum absolute atomic E-state index is 0.235. The molecule has 12 heteroatoms. The molecular formula is C20H23N3O8S. The van der Waals surface area contributed by atoms with Gasteiger partial charge in [0.1, 0.15) is 23.6 Å². The number of benzene rings is 2. The number of hydrogen-bond donors (Lipinski definition) is 1. The molecule has 0 aliphatic rings. The van der Waals surface area contributed by atoms with Crippen molar-refractivity contribution in [2.24, 2.45) is 0 Å². The number of nitrogens with one attached hydrogen (secondary N) is 1. The summed E-state index contributed by atoms with van der Waals surface area (Å²) >= 11 is 0. The van der Waals surface area contributed by atoms with Crippen LogP contribution in [0.5, 0.6) is 11.5 Å². The van der Waals surface area contributed by atoms with E-state index in [2.05, 4.69) is 5.32 Å². The Morgan fingerprint density at radius 2 is 1.75 bits per heavy atom. The lowest BCUT2D eigenvalue weighted by Gasteiger charge is -2.24. The van der Waals surface area contributed by atoms with Crippen molar-refractivity contribution in [3.8, 4) is 11.5 Å². The number of ether oxygens (including phenoxy) is 2. The second-order valence-corrected chi connectivity index (χ2v) is 9.43. The summed E-state index contributed by atoms with van der Waals surface area (Å²) in [4.78, 5) is 35.1. The Hall–Kier alpha value is -3.67. The van der Waals surface area contributed by atoms with Gasteiger partial charge in [-0.1, -0.05) is 18.2 Å². The van der Waals surface area contributed by atoms with Crippen LogP contribution >= 0.6 is 0 Å². The van der Waals surface area contributed by atoms with E-state index < -0.39 is 39.1 Å². The molecule has 0 heterocycles. The molecule has 1 N–H and O–H groups in total. The molecule has 0 atom stereocenters. The fourth-order valence-electron chi connectivity index (χ4n) is 2.51. The quantitative estimate of drug-likeness (QED) is 0.485. The summed E-state index contributed by atoms with van der Waals surface area (Å²) in [6.45, 7) is 4.17. The Balaban J connectivity index is 2.42. The third-order valence-corrected chi connectivity index (χ3v) is 4.75. The zero-order valence-corrected chi connectivity index (χ0v) is 18.7. The lowest BCUT2D eigenvalue weighted by atomic mass is 10.2. The molecule has 2 aromatic carbocycles. The molecule has 2 aromatic rings. The first-order chi connectivity index (χ1) is 14.8. The number of carbonyl (C=O) groups is 2. The molecule has 0 radical (unpaired) electrons. The van der Waals surface area contributed by atoms with E-state index in [1.165, 1.54) is 0 Å². The fourth-order valence-corrected chi connectivity index (χ4v) is 3.46. The molecule has 0 spiro atoms. The number of alkyl carbamates (subject to hydrolysis) is 1. The average molecular weight is 465 g/mol. The smallest absolute Gasteiger partial charge is 0.408 e. The number of amides is 2. The second-order valence-electron chi connectivity index (χ2n) is 7.60. The summed E-state index contributed by atoms with van der Waals surface area (Å²) in [7, 11) is -4.21. The molecule has 2 amide bonds. The maximum atomic E-state index is 12.8. The van der Waals surface area contributed by atoms with E-state index in [-0.39, 0.29) is 22.9 Å². The summed E-state index contributed by atoms with van der Waals surface area (Å²) in [5.41, 5.74) is -1.44. The molecule has 0 aliphatic heterocycles. The minimum Gasteiger partial charge on any atom is -0.455 e. The Kier molecular flexibility index (Phi) is 7.41. The first kappa shape index (κ1) is 24.6. The average Bonchev–Trinajstić information content (AvgIpc) is 2.66. The first-order valence-electron chi connectivity index (χ1n) is 9.29. The predicted molar refractivity (Wildman–Crippen MR) is 116 cm³/mol. The van der Waals surface area contributed by atoms with E-state index in [1.54, 1.807) is 51.1 Å². The van der Waals surface area contributed by atoms with Crippen molar-refractivity contribution in [3.63, 3.8) is 0 Å². The van der Waals surface area contributed by atoms with Gasteiger partial charge in [0.15, 0.2) is 5.75 Å². The van der Waals surface area contributed by atoms with Crippen LogP contribution in [0.15, 0.2) is 48.5 Å². The van der Waals surface area contributed by atoms with Crippen molar-refractivity contribution < 1.29 is 32.4 Å². The molecule has 0 aromatic heterocycles. The van der Waals surface area contributed by atoms with Gasteiger partial charge >= 0.3 is 6.09 Å². The summed E-state index contributed by atoms with van der Waals surface area (Å²) in [5.74, 6) is -0.992. The van der Waals surface area contributed by atoms with Gasteiger partial charge in [-0.15, -0.1) is 0 Å². The second kappa shape index (κ2) is 9.64. The van der Waals surface area contributed by atoms with Gasteiger partial charge in [-0.2, -0.15) is 0 Å². The topological polar surface area (TPSA) is 145 Å². The highest BCUT2D eigenvalue weighted by Crippen LogP contribution is 2.36. The van der Waals surface area contributed by atoms with Crippen LogP contribution in [-0.4, -0.2) is 43.7 Å². The molecule has 2 rings (SSSR count). The highest BCUT2D eigenvalue weighted by molar-refractivity contribution is 7.92. The molecule has 0 bridgehead atoms. The molecule has 32 heavy (non-hydrogen) atoms. The van der Waals surface area contributed by atoms with Gasteiger partial charge in [-0.05, 0) is 39.0 Å². The van der Waals surface area contributed by atoms with Gasteiger partial charge in [0, 0.05) is 6.07 Å². The Morgan fingerprint density at radius 1 is 1.12 bits per heavy atom. The molecule has 0 saturated heterocycles. The summed E-state index contributed by atoms with van der Waals surface area (Å²) in [5, 5.41) is 13.4. The number of non-ortho nitro benzene ring substituents is 1. The zero-order valence-electron chi connectivity index (χ0n) is 17.9. The number of carbonyl (C=O) groups excluding carboxylic acids is 2. The number of hydrogen-bond acceptors (Lipinski definition) is 8. The van der Waals surface area contributed by atoms with Gasteiger partial charge in [0.05, 0.1) is 17.2 Å². The van der Waals surface area contributed by atoms with Crippen LogP contribution < -0.4 is 14.4 Å². The van der Waals surface area contributed by atoms with Crippen LogP contribution in [0.1, 0.15) is 20.8 Å².